The van der Waals surface area contributed by atoms with Crippen molar-refractivity contribution >= 4 is 29.2 Å². The van der Waals surface area contributed by atoms with Crippen LogP contribution in [-0.4, -0.2) is 27.5 Å². The maximum absolute atomic E-state index is 5.93. The lowest BCUT2D eigenvalue weighted by Crippen LogP contribution is -2.15. The number of nitrogens with zero attached hydrogens (tertiary/aromatic N) is 2. The highest BCUT2D eigenvalue weighted by Crippen LogP contribution is 2.26. The molecule has 0 spiro atoms. The van der Waals surface area contributed by atoms with Gasteiger partial charge in [-0.3, -0.25) is 0 Å². The van der Waals surface area contributed by atoms with E-state index in [0.29, 0.717) is 5.15 Å². The zero-order chi connectivity index (χ0) is 11.4. The largest absolute Gasteiger partial charge is 0.369 e. The van der Waals surface area contributed by atoms with Gasteiger partial charge < -0.3 is 5.32 Å². The Kier molecular flexibility index (Phi) is 4.29. The molecule has 1 atom stereocenters. The monoisotopic (exact) mass is 257 g/mol. The molecule has 1 N–H and O–H groups in total. The second kappa shape index (κ2) is 5.73. The lowest BCUT2D eigenvalue weighted by Gasteiger charge is -2.11. The van der Waals surface area contributed by atoms with Gasteiger partial charge in [0.15, 0.2) is 0 Å². The topological polar surface area (TPSA) is 37.8 Å². The van der Waals surface area contributed by atoms with E-state index in [-0.39, 0.29) is 0 Å². The number of aryl methyl sites for hydroxylation is 1. The molecule has 0 saturated carbocycles. The third-order valence-electron chi connectivity index (χ3n) is 2.59. The first-order chi connectivity index (χ1) is 7.78. The molecule has 0 aromatic carbocycles. The zero-order valence-corrected chi connectivity index (χ0v) is 10.9. The Labute approximate surface area is 105 Å². The van der Waals surface area contributed by atoms with Crippen LogP contribution < -0.4 is 5.32 Å². The summed E-state index contributed by atoms with van der Waals surface area (Å²) < 4.78 is 0. The minimum atomic E-state index is 0.522. The molecule has 0 radical (unpaired) electrons. The number of hydrogen-bond acceptors (Lipinski definition) is 4. The van der Waals surface area contributed by atoms with Gasteiger partial charge in [0, 0.05) is 24.3 Å². The molecule has 1 aliphatic rings. The molecule has 1 unspecified atom stereocenters. The normalized spacial score (nSPS) is 20.0. The SMILES string of the molecule is CCc1nc(Cl)cc(NCC2CCCS2)n1. The zero-order valence-electron chi connectivity index (χ0n) is 9.37. The Hall–Kier alpha value is -0.480. The van der Waals surface area contributed by atoms with Crippen LogP contribution in [0.5, 0.6) is 0 Å². The maximum atomic E-state index is 5.93. The van der Waals surface area contributed by atoms with Gasteiger partial charge in [-0.25, -0.2) is 9.97 Å². The number of hydrogen-bond donors (Lipinski definition) is 1. The first-order valence-corrected chi connectivity index (χ1v) is 7.09. The van der Waals surface area contributed by atoms with Crippen LogP contribution in [0.1, 0.15) is 25.6 Å². The van der Waals surface area contributed by atoms with Gasteiger partial charge >= 0.3 is 0 Å². The minimum Gasteiger partial charge on any atom is -0.369 e. The summed E-state index contributed by atoms with van der Waals surface area (Å²) in [4.78, 5) is 8.54. The maximum Gasteiger partial charge on any atom is 0.134 e. The van der Waals surface area contributed by atoms with Crippen molar-refractivity contribution in [3.63, 3.8) is 0 Å². The van der Waals surface area contributed by atoms with Crippen LogP contribution in [0.25, 0.3) is 0 Å². The Morgan fingerprint density at radius 2 is 2.44 bits per heavy atom. The summed E-state index contributed by atoms with van der Waals surface area (Å²) in [5, 5.41) is 4.59. The second-order valence-electron chi connectivity index (χ2n) is 3.86. The molecular formula is C11H16ClN3S. The molecule has 0 bridgehead atoms. The van der Waals surface area contributed by atoms with E-state index in [9.17, 15) is 0 Å². The molecule has 5 heteroatoms. The lowest BCUT2D eigenvalue weighted by atomic mass is 10.2. The standard InChI is InChI=1S/C11H16ClN3S/c1-2-10-14-9(12)6-11(15-10)13-7-8-4-3-5-16-8/h6,8H,2-5,7H2,1H3,(H,13,14,15). The van der Waals surface area contributed by atoms with E-state index in [2.05, 4.69) is 15.3 Å². The molecule has 0 amide bonds. The molecule has 1 fully saturated rings. The summed E-state index contributed by atoms with van der Waals surface area (Å²) in [5.74, 6) is 2.94. The Morgan fingerprint density at radius 1 is 1.56 bits per heavy atom. The van der Waals surface area contributed by atoms with E-state index in [4.69, 9.17) is 11.6 Å². The summed E-state index contributed by atoms with van der Waals surface area (Å²) in [6.45, 7) is 3.00. The van der Waals surface area contributed by atoms with Crippen LogP contribution in [-0.2, 0) is 6.42 Å². The fourth-order valence-corrected chi connectivity index (χ4v) is 3.14. The van der Waals surface area contributed by atoms with Crippen LogP contribution in [0.3, 0.4) is 0 Å². The molecule has 0 aliphatic carbocycles. The third kappa shape index (κ3) is 3.25. The van der Waals surface area contributed by atoms with E-state index in [0.717, 1.165) is 29.9 Å². The van der Waals surface area contributed by atoms with E-state index in [1.54, 1.807) is 6.07 Å². The number of halogens is 1. The quantitative estimate of drug-likeness (QED) is 0.842. The predicted octanol–water partition coefficient (Wildman–Crippen LogP) is 3.00. The average molecular weight is 258 g/mol. The number of aromatic nitrogens is 2. The average Bonchev–Trinajstić information content (AvgIpc) is 2.78. The van der Waals surface area contributed by atoms with Gasteiger partial charge in [0.05, 0.1) is 0 Å². The fourth-order valence-electron chi connectivity index (χ4n) is 1.74. The molecule has 3 nitrogen and oxygen atoms in total. The van der Waals surface area contributed by atoms with Crippen molar-refractivity contribution in [3.8, 4) is 0 Å². The third-order valence-corrected chi connectivity index (χ3v) is 4.18. The lowest BCUT2D eigenvalue weighted by molar-refractivity contribution is 0.801. The van der Waals surface area contributed by atoms with Gasteiger partial charge in [0.2, 0.25) is 0 Å². The van der Waals surface area contributed by atoms with Crippen molar-refractivity contribution in [3.05, 3.63) is 17.0 Å². The summed E-state index contributed by atoms with van der Waals surface area (Å²) in [5.41, 5.74) is 0. The molecule has 1 saturated heterocycles. The molecule has 88 valence electrons. The van der Waals surface area contributed by atoms with Crippen molar-refractivity contribution in [2.24, 2.45) is 0 Å². The second-order valence-corrected chi connectivity index (χ2v) is 5.66. The summed E-state index contributed by atoms with van der Waals surface area (Å²) in [7, 11) is 0. The van der Waals surface area contributed by atoms with Crippen LogP contribution >= 0.6 is 23.4 Å². The number of nitrogens with one attached hydrogen (secondary N) is 1. The smallest absolute Gasteiger partial charge is 0.134 e. The van der Waals surface area contributed by atoms with Gasteiger partial charge in [-0.15, -0.1) is 0 Å². The van der Waals surface area contributed by atoms with E-state index < -0.39 is 0 Å². The number of rotatable bonds is 4. The van der Waals surface area contributed by atoms with Crippen molar-refractivity contribution < 1.29 is 0 Å². The van der Waals surface area contributed by atoms with Crippen molar-refractivity contribution in [1.82, 2.24) is 9.97 Å². The molecule has 1 aromatic heterocycles. The summed E-state index contributed by atoms with van der Waals surface area (Å²) in [6, 6.07) is 1.79. The highest BCUT2D eigenvalue weighted by Gasteiger charge is 2.15. The van der Waals surface area contributed by atoms with Crippen LogP contribution in [0.4, 0.5) is 5.82 Å². The molecule has 1 aliphatic heterocycles. The highest BCUT2D eigenvalue weighted by atomic mass is 35.5. The Morgan fingerprint density at radius 3 is 3.12 bits per heavy atom. The first-order valence-electron chi connectivity index (χ1n) is 5.67. The summed E-state index contributed by atoms with van der Waals surface area (Å²) >= 11 is 7.96. The molecular weight excluding hydrogens is 242 g/mol. The Bertz CT molecular complexity index is 353. The highest BCUT2D eigenvalue weighted by molar-refractivity contribution is 8.00. The van der Waals surface area contributed by atoms with E-state index >= 15 is 0 Å². The van der Waals surface area contributed by atoms with E-state index in [1.165, 1.54) is 18.6 Å². The van der Waals surface area contributed by atoms with Gasteiger partial charge in [0.1, 0.15) is 16.8 Å². The molecule has 16 heavy (non-hydrogen) atoms. The van der Waals surface area contributed by atoms with Crippen molar-refractivity contribution in [1.29, 1.82) is 0 Å². The summed E-state index contributed by atoms with van der Waals surface area (Å²) in [6.07, 6.45) is 3.45. The fraction of sp³-hybridized carbons (Fsp3) is 0.636. The minimum absolute atomic E-state index is 0.522. The molecule has 2 heterocycles. The van der Waals surface area contributed by atoms with Gasteiger partial charge in [0.25, 0.3) is 0 Å². The molecule has 2 rings (SSSR count). The van der Waals surface area contributed by atoms with Crippen LogP contribution in [0, 0.1) is 0 Å². The predicted molar refractivity (Wildman–Crippen MR) is 70.4 cm³/mol. The van der Waals surface area contributed by atoms with E-state index in [1.807, 2.05) is 18.7 Å². The van der Waals surface area contributed by atoms with Gasteiger partial charge in [-0.05, 0) is 18.6 Å². The van der Waals surface area contributed by atoms with Crippen molar-refractivity contribution in [2.75, 3.05) is 17.6 Å². The molecule has 1 aromatic rings. The van der Waals surface area contributed by atoms with Gasteiger partial charge in [-0.1, -0.05) is 18.5 Å². The van der Waals surface area contributed by atoms with Crippen molar-refractivity contribution in [2.45, 2.75) is 31.4 Å². The first kappa shape index (κ1) is 12.0. The van der Waals surface area contributed by atoms with Crippen LogP contribution in [0.15, 0.2) is 6.07 Å². The van der Waals surface area contributed by atoms with Crippen LogP contribution in [0.2, 0.25) is 5.15 Å². The number of thioether (sulfide) groups is 1. The van der Waals surface area contributed by atoms with Gasteiger partial charge in [-0.2, -0.15) is 11.8 Å². The number of anilines is 1. The Balaban J connectivity index is 1.94.